The van der Waals surface area contributed by atoms with Gasteiger partial charge in [0.15, 0.2) is 0 Å². The number of benzene rings is 1. The second-order valence-corrected chi connectivity index (χ2v) is 4.62. The molecule has 22 heavy (non-hydrogen) atoms. The summed E-state index contributed by atoms with van der Waals surface area (Å²) >= 11 is 0. The maximum absolute atomic E-state index is 4.50. The van der Waals surface area contributed by atoms with E-state index < -0.39 is 0 Å². The molecule has 2 rings (SSSR count). The SMILES string of the molecule is C/C=C\C=C/C.C=C/C=C/C1=NCC(=C)Nc2ccccc21. The Bertz CT molecular complexity index is 606. The molecular formula is C20H24N2. The second kappa shape index (κ2) is 10.2. The third-order valence-corrected chi connectivity index (χ3v) is 2.84. The van der Waals surface area contributed by atoms with E-state index in [-0.39, 0.29) is 0 Å². The third kappa shape index (κ3) is 5.80. The molecule has 1 aromatic rings. The number of para-hydroxylation sites is 1. The zero-order valence-electron chi connectivity index (χ0n) is 13.4. The highest BCUT2D eigenvalue weighted by atomic mass is 14.9. The van der Waals surface area contributed by atoms with Crippen LogP contribution in [-0.4, -0.2) is 12.3 Å². The minimum atomic E-state index is 0.603. The first-order chi connectivity index (χ1) is 10.7. The maximum atomic E-state index is 4.50. The molecule has 0 fully saturated rings. The zero-order valence-corrected chi connectivity index (χ0v) is 13.4. The maximum Gasteiger partial charge on any atom is 0.0791 e. The van der Waals surface area contributed by atoms with Gasteiger partial charge in [-0.05, 0) is 26.0 Å². The van der Waals surface area contributed by atoms with Crippen molar-refractivity contribution < 1.29 is 0 Å². The van der Waals surface area contributed by atoms with E-state index in [0.717, 1.165) is 22.7 Å². The summed E-state index contributed by atoms with van der Waals surface area (Å²) in [7, 11) is 0. The van der Waals surface area contributed by atoms with Crippen molar-refractivity contribution in [1.82, 2.24) is 0 Å². The van der Waals surface area contributed by atoms with Gasteiger partial charge in [0, 0.05) is 16.9 Å². The van der Waals surface area contributed by atoms with Gasteiger partial charge in [-0.15, -0.1) is 0 Å². The highest BCUT2D eigenvalue weighted by molar-refractivity contribution is 6.12. The van der Waals surface area contributed by atoms with E-state index in [9.17, 15) is 0 Å². The first kappa shape index (κ1) is 17.4. The highest BCUT2D eigenvalue weighted by Crippen LogP contribution is 2.21. The summed E-state index contributed by atoms with van der Waals surface area (Å²) in [6, 6.07) is 8.08. The molecule has 114 valence electrons. The van der Waals surface area contributed by atoms with Crippen molar-refractivity contribution in [3.63, 3.8) is 0 Å². The number of allylic oxidation sites excluding steroid dienone is 7. The van der Waals surface area contributed by atoms with Crippen molar-refractivity contribution in [3.8, 4) is 0 Å². The van der Waals surface area contributed by atoms with E-state index in [1.54, 1.807) is 6.08 Å². The summed E-state index contributed by atoms with van der Waals surface area (Å²) in [5.74, 6) is 0. The monoisotopic (exact) mass is 292 g/mol. The molecule has 1 N–H and O–H groups in total. The van der Waals surface area contributed by atoms with Crippen molar-refractivity contribution in [2.75, 3.05) is 11.9 Å². The first-order valence-electron chi connectivity index (χ1n) is 7.34. The summed E-state index contributed by atoms with van der Waals surface area (Å²) in [5.41, 5.74) is 4.02. The Hall–Kier alpha value is -2.61. The molecule has 0 saturated heterocycles. The van der Waals surface area contributed by atoms with E-state index in [4.69, 9.17) is 0 Å². The molecule has 0 atom stereocenters. The van der Waals surface area contributed by atoms with Crippen LogP contribution in [0, 0.1) is 0 Å². The average Bonchev–Trinajstić information content (AvgIpc) is 2.70. The molecule has 1 heterocycles. The molecule has 0 aromatic heterocycles. The topological polar surface area (TPSA) is 24.4 Å². The molecule has 0 saturated carbocycles. The molecule has 2 nitrogen and oxygen atoms in total. The van der Waals surface area contributed by atoms with Crippen LogP contribution in [0.25, 0.3) is 0 Å². The smallest absolute Gasteiger partial charge is 0.0791 e. The summed E-state index contributed by atoms with van der Waals surface area (Å²) in [6.07, 6.45) is 13.6. The number of fused-ring (bicyclic) bond motifs is 1. The summed E-state index contributed by atoms with van der Waals surface area (Å²) < 4.78 is 0. The Morgan fingerprint density at radius 1 is 1.09 bits per heavy atom. The average molecular weight is 292 g/mol. The van der Waals surface area contributed by atoms with Crippen molar-refractivity contribution in [2.24, 2.45) is 4.99 Å². The van der Waals surface area contributed by atoms with Crippen LogP contribution in [0.3, 0.4) is 0 Å². The quantitative estimate of drug-likeness (QED) is 0.751. The molecule has 1 aliphatic rings. The van der Waals surface area contributed by atoms with Crippen LogP contribution >= 0.6 is 0 Å². The molecular weight excluding hydrogens is 268 g/mol. The Balaban J connectivity index is 0.000000346. The van der Waals surface area contributed by atoms with Gasteiger partial charge in [-0.2, -0.15) is 0 Å². The van der Waals surface area contributed by atoms with Crippen molar-refractivity contribution in [2.45, 2.75) is 13.8 Å². The molecule has 0 bridgehead atoms. The lowest BCUT2D eigenvalue weighted by Crippen LogP contribution is -2.00. The van der Waals surface area contributed by atoms with E-state index in [2.05, 4.69) is 23.5 Å². The largest absolute Gasteiger partial charge is 0.357 e. The van der Waals surface area contributed by atoms with Gasteiger partial charge < -0.3 is 5.32 Å². The minimum absolute atomic E-state index is 0.603. The van der Waals surface area contributed by atoms with E-state index in [1.165, 1.54) is 0 Å². The van der Waals surface area contributed by atoms with E-state index in [1.807, 2.05) is 74.6 Å². The van der Waals surface area contributed by atoms with Crippen LogP contribution in [-0.2, 0) is 0 Å². The first-order valence-corrected chi connectivity index (χ1v) is 7.34. The summed E-state index contributed by atoms with van der Waals surface area (Å²) in [6.45, 7) is 12.2. The van der Waals surface area contributed by atoms with E-state index >= 15 is 0 Å². The Labute approximate surface area is 134 Å². The molecule has 0 unspecified atom stereocenters. The third-order valence-electron chi connectivity index (χ3n) is 2.84. The second-order valence-electron chi connectivity index (χ2n) is 4.62. The normalized spacial score (nSPS) is 14.1. The molecule has 1 aromatic carbocycles. The van der Waals surface area contributed by atoms with Crippen LogP contribution in [0.2, 0.25) is 0 Å². The van der Waals surface area contributed by atoms with Crippen molar-refractivity contribution in [1.29, 1.82) is 0 Å². The fraction of sp³-hybridized carbons (Fsp3) is 0.150. The molecule has 0 aliphatic carbocycles. The number of benzodiazepines with no additional fused rings is 1. The van der Waals surface area contributed by atoms with Gasteiger partial charge in [0.2, 0.25) is 0 Å². The van der Waals surface area contributed by atoms with Gasteiger partial charge in [0.1, 0.15) is 0 Å². The molecule has 1 aliphatic heterocycles. The lowest BCUT2D eigenvalue weighted by atomic mass is 10.1. The van der Waals surface area contributed by atoms with Crippen LogP contribution in [0.1, 0.15) is 19.4 Å². The summed E-state index contributed by atoms with van der Waals surface area (Å²) in [4.78, 5) is 4.50. The Kier molecular flexibility index (Phi) is 8.06. The van der Waals surface area contributed by atoms with Gasteiger partial charge in [0.05, 0.1) is 12.3 Å². The number of nitrogens with zero attached hydrogens (tertiary/aromatic N) is 1. The minimum Gasteiger partial charge on any atom is -0.357 e. The standard InChI is InChI=1S/C14H14N2.C6H10/c1-3-4-8-13-12-7-5-6-9-14(12)16-11(2)10-15-13;1-3-5-6-4-2/h3-9,16H,1-2,10H2;3-6H,1-2H3/b8-4+;5-3-,6-4-. The van der Waals surface area contributed by atoms with Crippen molar-refractivity contribution >= 4 is 11.4 Å². The van der Waals surface area contributed by atoms with Crippen LogP contribution < -0.4 is 5.32 Å². The van der Waals surface area contributed by atoms with Crippen LogP contribution in [0.15, 0.2) is 90.6 Å². The van der Waals surface area contributed by atoms with Gasteiger partial charge >= 0.3 is 0 Å². The molecule has 0 spiro atoms. The number of rotatable bonds is 3. The van der Waals surface area contributed by atoms with Crippen molar-refractivity contribution in [3.05, 3.63) is 91.2 Å². The fourth-order valence-corrected chi connectivity index (χ4v) is 1.84. The van der Waals surface area contributed by atoms with Gasteiger partial charge in [0.25, 0.3) is 0 Å². The molecule has 2 heteroatoms. The lowest BCUT2D eigenvalue weighted by Gasteiger charge is -2.07. The number of aliphatic imine (C=N–C) groups is 1. The zero-order chi connectivity index (χ0) is 16.2. The predicted molar refractivity (Wildman–Crippen MR) is 99.6 cm³/mol. The predicted octanol–water partition coefficient (Wildman–Crippen LogP) is 5.30. The Morgan fingerprint density at radius 2 is 1.77 bits per heavy atom. The lowest BCUT2D eigenvalue weighted by molar-refractivity contribution is 1.16. The summed E-state index contributed by atoms with van der Waals surface area (Å²) in [5, 5.41) is 3.26. The molecule has 0 radical (unpaired) electrons. The van der Waals surface area contributed by atoms with Crippen LogP contribution in [0.4, 0.5) is 5.69 Å². The van der Waals surface area contributed by atoms with Gasteiger partial charge in [-0.1, -0.05) is 67.8 Å². The number of nitrogens with one attached hydrogen (secondary N) is 1. The number of hydrogen-bond donors (Lipinski definition) is 1. The Morgan fingerprint density at radius 3 is 2.41 bits per heavy atom. The van der Waals surface area contributed by atoms with E-state index in [0.29, 0.717) is 6.54 Å². The molecule has 0 amide bonds. The van der Waals surface area contributed by atoms with Gasteiger partial charge in [-0.25, -0.2) is 0 Å². The number of anilines is 1. The highest BCUT2D eigenvalue weighted by Gasteiger charge is 2.10. The number of hydrogen-bond acceptors (Lipinski definition) is 2. The van der Waals surface area contributed by atoms with Gasteiger partial charge in [-0.3, -0.25) is 4.99 Å². The van der Waals surface area contributed by atoms with Crippen LogP contribution in [0.5, 0.6) is 0 Å². The fourth-order valence-electron chi connectivity index (χ4n) is 1.84.